The van der Waals surface area contributed by atoms with Crippen molar-refractivity contribution in [3.8, 4) is 5.75 Å². The standard InChI is InChI=1S/C33H48N8O7S/c1-49-16-14-26(32(47)40-25(30(36)45)9-5-6-15-34)41-33(48)27(18-21-7-3-2-4-8-21)39-29(44)20-37-28(43)19-38-31(46)24(35)17-22-10-12-23(42)13-11-22/h2-4,7-8,10-13,24-27,42H,5-6,9,14-20,34-35H2,1H3,(H2,36,45)(H,37,43)(H,38,46)(H,39,44)(H,40,47)(H,41,48)/t24-,25-,26-,27-/m0/s1. The zero-order chi connectivity index (χ0) is 36.2. The van der Waals surface area contributed by atoms with Crippen LogP contribution in [0.3, 0.4) is 0 Å². The van der Waals surface area contributed by atoms with Gasteiger partial charge in [-0.15, -0.1) is 0 Å². The molecule has 0 bridgehead atoms. The number of hydrogen-bond donors (Lipinski definition) is 9. The van der Waals surface area contributed by atoms with E-state index < -0.39 is 72.7 Å². The van der Waals surface area contributed by atoms with Gasteiger partial charge in [-0.25, -0.2) is 0 Å². The van der Waals surface area contributed by atoms with E-state index in [-0.39, 0.29) is 25.0 Å². The molecule has 15 nitrogen and oxygen atoms in total. The fourth-order valence-corrected chi connectivity index (χ4v) is 5.12. The number of hydrogen-bond acceptors (Lipinski definition) is 10. The Balaban J connectivity index is 2.00. The third-order valence-electron chi connectivity index (χ3n) is 7.38. The van der Waals surface area contributed by atoms with E-state index >= 15 is 0 Å². The molecular weight excluding hydrogens is 652 g/mol. The summed E-state index contributed by atoms with van der Waals surface area (Å²) in [5, 5.41) is 22.2. The number of phenols is 1. The Hall–Kier alpha value is -4.67. The predicted octanol–water partition coefficient (Wildman–Crippen LogP) is -1.44. The van der Waals surface area contributed by atoms with Gasteiger partial charge in [0.25, 0.3) is 0 Å². The first kappa shape index (κ1) is 40.5. The van der Waals surface area contributed by atoms with Gasteiger partial charge in [-0.3, -0.25) is 28.8 Å². The van der Waals surface area contributed by atoms with Crippen molar-refractivity contribution < 1.29 is 33.9 Å². The molecule has 16 heteroatoms. The highest BCUT2D eigenvalue weighted by molar-refractivity contribution is 7.98. The molecule has 0 heterocycles. The zero-order valence-corrected chi connectivity index (χ0v) is 28.4. The number of carbonyl (C=O) groups is 6. The van der Waals surface area contributed by atoms with Crippen LogP contribution < -0.4 is 43.8 Å². The molecule has 0 unspecified atom stereocenters. The van der Waals surface area contributed by atoms with E-state index in [1.54, 1.807) is 42.5 Å². The minimum atomic E-state index is -1.12. The largest absolute Gasteiger partial charge is 0.508 e. The fourth-order valence-electron chi connectivity index (χ4n) is 4.65. The molecule has 2 aromatic rings. The number of nitrogens with two attached hydrogens (primary N) is 3. The molecule has 4 atom stereocenters. The molecule has 0 saturated heterocycles. The highest BCUT2D eigenvalue weighted by Crippen LogP contribution is 2.11. The summed E-state index contributed by atoms with van der Waals surface area (Å²) in [5.74, 6) is -3.24. The van der Waals surface area contributed by atoms with Crippen molar-refractivity contribution >= 4 is 47.2 Å². The summed E-state index contributed by atoms with van der Waals surface area (Å²) >= 11 is 1.47. The highest BCUT2D eigenvalue weighted by atomic mass is 32.2. The van der Waals surface area contributed by atoms with Crippen molar-refractivity contribution in [1.29, 1.82) is 0 Å². The van der Waals surface area contributed by atoms with Crippen LogP contribution in [0.5, 0.6) is 5.75 Å². The van der Waals surface area contributed by atoms with E-state index in [1.807, 2.05) is 6.26 Å². The van der Waals surface area contributed by atoms with Crippen LogP contribution >= 0.6 is 11.8 Å². The first-order valence-corrected chi connectivity index (χ1v) is 17.3. The predicted molar refractivity (Wildman–Crippen MR) is 187 cm³/mol. The van der Waals surface area contributed by atoms with Crippen molar-refractivity contribution in [2.75, 3.05) is 31.6 Å². The summed E-state index contributed by atoms with van der Waals surface area (Å²) in [7, 11) is 0. The Morgan fingerprint density at radius 1 is 0.714 bits per heavy atom. The topological polar surface area (TPSA) is 261 Å². The number of phenolic OH excluding ortho intramolecular Hbond substituents is 1. The molecule has 0 aliphatic rings. The maximum atomic E-state index is 13.5. The second-order valence-electron chi connectivity index (χ2n) is 11.4. The van der Waals surface area contributed by atoms with Crippen LogP contribution in [0.25, 0.3) is 0 Å². The number of thioether (sulfide) groups is 1. The Morgan fingerprint density at radius 3 is 1.96 bits per heavy atom. The smallest absolute Gasteiger partial charge is 0.243 e. The molecule has 0 saturated carbocycles. The number of amides is 6. The third kappa shape index (κ3) is 15.9. The number of benzene rings is 2. The van der Waals surface area contributed by atoms with Crippen molar-refractivity contribution in [3.05, 3.63) is 65.7 Å². The number of rotatable bonds is 22. The number of primary amides is 1. The number of carbonyl (C=O) groups excluding carboxylic acids is 6. The van der Waals surface area contributed by atoms with Gasteiger partial charge >= 0.3 is 0 Å². The van der Waals surface area contributed by atoms with E-state index in [9.17, 15) is 33.9 Å². The van der Waals surface area contributed by atoms with E-state index in [2.05, 4.69) is 26.6 Å². The second kappa shape index (κ2) is 22.1. The molecule has 2 rings (SSSR count). The van der Waals surface area contributed by atoms with Crippen LogP contribution in [0, 0.1) is 0 Å². The molecule has 0 spiro atoms. The van der Waals surface area contributed by atoms with Crippen LogP contribution in [0.15, 0.2) is 54.6 Å². The quantitative estimate of drug-likeness (QED) is 0.0646. The Labute approximate surface area is 290 Å². The minimum Gasteiger partial charge on any atom is -0.508 e. The molecule has 12 N–H and O–H groups in total. The van der Waals surface area contributed by atoms with Gasteiger partial charge in [-0.05, 0) is 73.9 Å². The normalized spacial score (nSPS) is 13.2. The second-order valence-corrected chi connectivity index (χ2v) is 12.4. The molecular formula is C33H48N8O7S. The van der Waals surface area contributed by atoms with Crippen LogP contribution in [0.1, 0.15) is 36.8 Å². The zero-order valence-electron chi connectivity index (χ0n) is 27.6. The summed E-state index contributed by atoms with van der Waals surface area (Å²) in [6.45, 7) is -0.501. The Morgan fingerprint density at radius 2 is 1.33 bits per heavy atom. The number of nitrogens with one attached hydrogen (secondary N) is 5. The molecule has 0 radical (unpaired) electrons. The van der Waals surface area contributed by atoms with Gasteiger partial charge in [0.15, 0.2) is 0 Å². The van der Waals surface area contributed by atoms with Crippen molar-refractivity contribution in [2.45, 2.75) is 62.7 Å². The Kier molecular flexibility index (Phi) is 18.2. The summed E-state index contributed by atoms with van der Waals surface area (Å²) in [6, 6.07) is 11.1. The SMILES string of the molecule is CSCC[C@H](NC(=O)[C@H](Cc1ccccc1)NC(=O)CNC(=O)CNC(=O)[C@@H](N)Cc1ccc(O)cc1)C(=O)N[C@@H](CCCCN)C(N)=O. The molecule has 0 fully saturated rings. The maximum absolute atomic E-state index is 13.5. The maximum Gasteiger partial charge on any atom is 0.243 e. The molecule has 49 heavy (non-hydrogen) atoms. The van der Waals surface area contributed by atoms with Gasteiger partial charge in [0, 0.05) is 6.42 Å². The average molecular weight is 701 g/mol. The van der Waals surface area contributed by atoms with Crippen LogP contribution in [-0.2, 0) is 41.6 Å². The molecule has 2 aromatic carbocycles. The van der Waals surface area contributed by atoms with Gasteiger partial charge in [-0.1, -0.05) is 42.5 Å². The van der Waals surface area contributed by atoms with E-state index in [0.29, 0.717) is 31.6 Å². The summed E-state index contributed by atoms with van der Waals surface area (Å²) < 4.78 is 0. The lowest BCUT2D eigenvalue weighted by Gasteiger charge is -2.25. The van der Waals surface area contributed by atoms with E-state index in [0.717, 1.165) is 11.1 Å². The Bertz CT molecular complexity index is 1380. The molecule has 0 aliphatic carbocycles. The lowest BCUT2D eigenvalue weighted by atomic mass is 10.0. The van der Waals surface area contributed by atoms with Crippen LogP contribution in [-0.4, -0.2) is 96.4 Å². The van der Waals surface area contributed by atoms with Gasteiger partial charge < -0.3 is 48.9 Å². The van der Waals surface area contributed by atoms with Crippen molar-refractivity contribution in [2.24, 2.45) is 17.2 Å². The van der Waals surface area contributed by atoms with Gasteiger partial charge in [0.1, 0.15) is 23.9 Å². The summed E-state index contributed by atoms with van der Waals surface area (Å²) in [6.07, 6.45) is 3.89. The highest BCUT2D eigenvalue weighted by Gasteiger charge is 2.29. The lowest BCUT2D eigenvalue weighted by Crippen LogP contribution is -2.57. The van der Waals surface area contributed by atoms with Crippen LogP contribution in [0.4, 0.5) is 0 Å². The first-order valence-electron chi connectivity index (χ1n) is 15.9. The van der Waals surface area contributed by atoms with Gasteiger partial charge in [0.2, 0.25) is 35.4 Å². The monoisotopic (exact) mass is 700 g/mol. The molecule has 0 aliphatic heterocycles. The summed E-state index contributed by atoms with van der Waals surface area (Å²) in [4.78, 5) is 76.4. The average Bonchev–Trinajstić information content (AvgIpc) is 3.08. The molecule has 0 aromatic heterocycles. The molecule has 6 amide bonds. The van der Waals surface area contributed by atoms with Gasteiger partial charge in [0.05, 0.1) is 19.1 Å². The first-order chi connectivity index (χ1) is 23.4. The van der Waals surface area contributed by atoms with Crippen molar-refractivity contribution in [1.82, 2.24) is 26.6 Å². The summed E-state index contributed by atoms with van der Waals surface area (Å²) in [5.41, 5.74) is 18.4. The lowest BCUT2D eigenvalue weighted by molar-refractivity contribution is -0.133. The molecule has 268 valence electrons. The fraction of sp³-hybridized carbons (Fsp3) is 0.455. The third-order valence-corrected chi connectivity index (χ3v) is 8.03. The van der Waals surface area contributed by atoms with E-state index in [4.69, 9.17) is 17.2 Å². The number of unbranched alkanes of at least 4 members (excludes halogenated alkanes) is 1. The minimum absolute atomic E-state index is 0.0808. The number of aromatic hydroxyl groups is 1. The van der Waals surface area contributed by atoms with Crippen LogP contribution in [0.2, 0.25) is 0 Å². The van der Waals surface area contributed by atoms with E-state index in [1.165, 1.54) is 23.9 Å². The van der Waals surface area contributed by atoms with Gasteiger partial charge in [-0.2, -0.15) is 11.8 Å². The van der Waals surface area contributed by atoms with Crippen molar-refractivity contribution in [3.63, 3.8) is 0 Å².